The molecule has 0 saturated heterocycles. The van der Waals surface area contributed by atoms with Gasteiger partial charge in [-0.3, -0.25) is 9.59 Å². The number of hydrogen-bond donors (Lipinski definition) is 3. The van der Waals surface area contributed by atoms with Gasteiger partial charge in [0.25, 0.3) is 11.8 Å². The first-order valence-corrected chi connectivity index (χ1v) is 8.47. The van der Waals surface area contributed by atoms with Gasteiger partial charge in [0, 0.05) is 30.3 Å². The van der Waals surface area contributed by atoms with Crippen LogP contribution in [0.15, 0.2) is 24.3 Å². The van der Waals surface area contributed by atoms with Crippen molar-refractivity contribution in [3.63, 3.8) is 0 Å². The number of amides is 2. The maximum Gasteiger partial charge on any atom is 0.251 e. The Labute approximate surface area is 149 Å². The van der Waals surface area contributed by atoms with E-state index in [-0.39, 0.29) is 36.3 Å². The number of hydrogen-bond acceptors (Lipinski definition) is 3. The fourth-order valence-corrected chi connectivity index (χ4v) is 4.21. The Bertz CT molecular complexity index is 594. The molecule has 3 rings (SSSR count). The molecule has 0 aromatic heterocycles. The van der Waals surface area contributed by atoms with E-state index in [4.69, 9.17) is 5.73 Å². The summed E-state index contributed by atoms with van der Waals surface area (Å²) in [6.45, 7) is 0. The number of halogens is 1. The molecule has 24 heavy (non-hydrogen) atoms. The van der Waals surface area contributed by atoms with Crippen LogP contribution in [0.4, 0.5) is 0 Å². The molecule has 0 heterocycles. The van der Waals surface area contributed by atoms with Crippen LogP contribution in [0.1, 0.15) is 52.8 Å². The predicted octanol–water partition coefficient (Wildman–Crippen LogP) is 2.10. The molecule has 2 aliphatic carbocycles. The van der Waals surface area contributed by atoms with Gasteiger partial charge in [0.1, 0.15) is 0 Å². The van der Waals surface area contributed by atoms with Gasteiger partial charge >= 0.3 is 0 Å². The number of carbonyl (C=O) groups is 2. The van der Waals surface area contributed by atoms with E-state index < -0.39 is 0 Å². The van der Waals surface area contributed by atoms with E-state index in [0.29, 0.717) is 23.0 Å². The summed E-state index contributed by atoms with van der Waals surface area (Å²) >= 11 is 0. The summed E-state index contributed by atoms with van der Waals surface area (Å²) in [5.74, 6) is 0.709. The monoisotopic (exact) mass is 351 g/mol. The highest BCUT2D eigenvalue weighted by molar-refractivity contribution is 5.99. The smallest absolute Gasteiger partial charge is 0.251 e. The minimum absolute atomic E-state index is 0. The molecule has 0 spiro atoms. The Morgan fingerprint density at radius 1 is 1.08 bits per heavy atom. The van der Waals surface area contributed by atoms with Gasteiger partial charge in [-0.2, -0.15) is 0 Å². The molecule has 0 aliphatic heterocycles. The van der Waals surface area contributed by atoms with Crippen LogP contribution in [0.5, 0.6) is 0 Å². The molecule has 2 amide bonds. The minimum Gasteiger partial charge on any atom is -0.355 e. The Kier molecular flexibility index (Phi) is 6.24. The SMILES string of the molecule is CNC(=O)c1cccc(C(=O)NC2C3CCCC2CC(N)C3)c1.Cl. The van der Waals surface area contributed by atoms with Crippen LogP contribution in [0.3, 0.4) is 0 Å². The average molecular weight is 352 g/mol. The molecule has 1 aromatic rings. The van der Waals surface area contributed by atoms with Crippen molar-refractivity contribution in [2.45, 2.75) is 44.2 Å². The van der Waals surface area contributed by atoms with E-state index in [1.165, 1.54) is 6.42 Å². The van der Waals surface area contributed by atoms with Gasteiger partial charge in [-0.05, 0) is 55.7 Å². The molecule has 2 aliphatic rings. The van der Waals surface area contributed by atoms with Crippen LogP contribution < -0.4 is 16.4 Å². The highest BCUT2D eigenvalue weighted by Gasteiger charge is 2.39. The van der Waals surface area contributed by atoms with E-state index >= 15 is 0 Å². The second kappa shape index (κ2) is 7.99. The molecule has 2 unspecified atom stereocenters. The van der Waals surface area contributed by atoms with Gasteiger partial charge in [0.15, 0.2) is 0 Å². The lowest BCUT2D eigenvalue weighted by atomic mass is 9.67. The first-order valence-electron chi connectivity index (χ1n) is 8.47. The third-order valence-electron chi connectivity index (χ3n) is 5.29. The summed E-state index contributed by atoms with van der Waals surface area (Å²) in [5, 5.41) is 5.80. The van der Waals surface area contributed by atoms with Gasteiger partial charge in [-0.25, -0.2) is 0 Å². The van der Waals surface area contributed by atoms with Crippen molar-refractivity contribution in [2.75, 3.05) is 7.05 Å². The van der Waals surface area contributed by atoms with Gasteiger partial charge in [0.2, 0.25) is 0 Å². The van der Waals surface area contributed by atoms with E-state index in [1.807, 2.05) is 0 Å². The fraction of sp³-hybridized carbons (Fsp3) is 0.556. The number of carbonyl (C=O) groups excluding carboxylic acids is 2. The van der Waals surface area contributed by atoms with Crippen LogP contribution in [0, 0.1) is 11.8 Å². The van der Waals surface area contributed by atoms with Crippen molar-refractivity contribution >= 4 is 24.2 Å². The zero-order chi connectivity index (χ0) is 16.4. The summed E-state index contributed by atoms with van der Waals surface area (Å²) in [6, 6.07) is 7.36. The summed E-state index contributed by atoms with van der Waals surface area (Å²) < 4.78 is 0. The zero-order valence-electron chi connectivity index (χ0n) is 14.0. The fourth-order valence-electron chi connectivity index (χ4n) is 4.21. The van der Waals surface area contributed by atoms with Crippen molar-refractivity contribution in [3.8, 4) is 0 Å². The van der Waals surface area contributed by atoms with Gasteiger partial charge < -0.3 is 16.4 Å². The Hall–Kier alpha value is -1.59. The topological polar surface area (TPSA) is 84.2 Å². The summed E-state index contributed by atoms with van der Waals surface area (Å²) in [7, 11) is 1.58. The molecule has 4 N–H and O–H groups in total. The quantitative estimate of drug-likeness (QED) is 0.779. The Morgan fingerprint density at radius 2 is 1.67 bits per heavy atom. The second-order valence-corrected chi connectivity index (χ2v) is 6.84. The number of rotatable bonds is 3. The molecule has 1 aromatic carbocycles. The maximum absolute atomic E-state index is 12.6. The molecule has 5 nitrogen and oxygen atoms in total. The standard InChI is InChI=1S/C18H25N3O2.ClH/c1-20-17(22)13-6-3-7-14(8-13)18(23)21-16-11-4-2-5-12(16)10-15(19)9-11;/h3,6-8,11-12,15-16H,2,4-5,9-10,19H2,1H3,(H,20,22)(H,21,23);1H. The van der Waals surface area contributed by atoms with Crippen molar-refractivity contribution in [3.05, 3.63) is 35.4 Å². The zero-order valence-corrected chi connectivity index (χ0v) is 14.8. The van der Waals surface area contributed by atoms with E-state index in [1.54, 1.807) is 31.3 Å². The Balaban J connectivity index is 0.00000208. The lowest BCUT2D eigenvalue weighted by Gasteiger charge is -2.45. The first-order chi connectivity index (χ1) is 11.1. The molecular weight excluding hydrogens is 326 g/mol. The molecule has 2 bridgehead atoms. The van der Waals surface area contributed by atoms with Crippen LogP contribution in [0.2, 0.25) is 0 Å². The predicted molar refractivity (Wildman–Crippen MR) is 96.4 cm³/mol. The minimum atomic E-state index is -0.180. The van der Waals surface area contributed by atoms with Crippen LogP contribution in [-0.2, 0) is 0 Å². The van der Waals surface area contributed by atoms with Gasteiger partial charge in [0.05, 0.1) is 0 Å². The van der Waals surface area contributed by atoms with Crippen molar-refractivity contribution in [1.29, 1.82) is 0 Å². The molecule has 2 saturated carbocycles. The van der Waals surface area contributed by atoms with E-state index in [0.717, 1.165) is 25.7 Å². The lowest BCUT2D eigenvalue weighted by molar-refractivity contribution is 0.0756. The van der Waals surface area contributed by atoms with E-state index in [2.05, 4.69) is 10.6 Å². The average Bonchev–Trinajstić information content (AvgIpc) is 2.55. The van der Waals surface area contributed by atoms with Crippen LogP contribution >= 0.6 is 12.4 Å². The van der Waals surface area contributed by atoms with Crippen molar-refractivity contribution in [1.82, 2.24) is 10.6 Å². The van der Waals surface area contributed by atoms with Crippen LogP contribution in [-0.4, -0.2) is 30.9 Å². The first kappa shape index (κ1) is 18.7. The number of fused-ring (bicyclic) bond motifs is 2. The summed E-state index contributed by atoms with van der Waals surface area (Å²) in [5.41, 5.74) is 7.19. The summed E-state index contributed by atoms with van der Waals surface area (Å²) in [6.07, 6.45) is 5.53. The van der Waals surface area contributed by atoms with E-state index in [9.17, 15) is 9.59 Å². The molecule has 0 radical (unpaired) electrons. The van der Waals surface area contributed by atoms with Gasteiger partial charge in [-0.1, -0.05) is 12.5 Å². The van der Waals surface area contributed by atoms with Crippen molar-refractivity contribution in [2.24, 2.45) is 17.6 Å². The second-order valence-electron chi connectivity index (χ2n) is 6.84. The largest absolute Gasteiger partial charge is 0.355 e. The molecule has 2 atom stereocenters. The highest BCUT2D eigenvalue weighted by Crippen LogP contribution is 2.39. The number of nitrogens with one attached hydrogen (secondary N) is 2. The molecule has 6 heteroatoms. The van der Waals surface area contributed by atoms with Crippen molar-refractivity contribution < 1.29 is 9.59 Å². The third-order valence-corrected chi connectivity index (χ3v) is 5.29. The third kappa shape index (κ3) is 3.90. The maximum atomic E-state index is 12.6. The molecule has 132 valence electrons. The molecule has 2 fully saturated rings. The summed E-state index contributed by atoms with van der Waals surface area (Å²) in [4.78, 5) is 24.3. The lowest BCUT2D eigenvalue weighted by Crippen LogP contribution is -2.53. The Morgan fingerprint density at radius 3 is 2.25 bits per heavy atom. The molecular formula is C18H26ClN3O2. The normalized spacial score (nSPS) is 28.4. The highest BCUT2D eigenvalue weighted by atomic mass is 35.5. The van der Waals surface area contributed by atoms with Gasteiger partial charge in [-0.15, -0.1) is 12.4 Å². The number of benzene rings is 1. The van der Waals surface area contributed by atoms with Crippen LogP contribution in [0.25, 0.3) is 0 Å². The number of nitrogens with two attached hydrogens (primary N) is 1.